The minimum Gasteiger partial charge on any atom is -0.373 e. The zero-order valence-electron chi connectivity index (χ0n) is 10.7. The monoisotopic (exact) mass is 225 g/mol. The van der Waals surface area contributed by atoms with Crippen molar-refractivity contribution in [3.8, 4) is 0 Å². The van der Waals surface area contributed by atoms with Crippen LogP contribution in [0.5, 0.6) is 0 Å². The summed E-state index contributed by atoms with van der Waals surface area (Å²) >= 11 is 0. The van der Waals surface area contributed by atoms with Crippen molar-refractivity contribution >= 4 is 0 Å². The van der Waals surface area contributed by atoms with E-state index in [1.54, 1.807) is 0 Å². The SMILES string of the molecule is CCNC1CCCC1OC1CCCCCC1. The molecular formula is C14H27NO. The molecule has 2 aliphatic carbocycles. The van der Waals surface area contributed by atoms with E-state index in [0.29, 0.717) is 18.2 Å². The van der Waals surface area contributed by atoms with Crippen LogP contribution in [0.4, 0.5) is 0 Å². The molecule has 0 amide bonds. The highest BCUT2D eigenvalue weighted by molar-refractivity contribution is 4.85. The molecule has 2 rings (SSSR count). The second kappa shape index (κ2) is 6.61. The molecule has 0 aromatic rings. The molecule has 0 aromatic heterocycles. The standard InChI is InChI=1S/C14H27NO/c1-2-15-13-10-7-11-14(13)16-12-8-5-3-4-6-9-12/h12-15H,2-11H2,1H3. The minimum atomic E-state index is 0.503. The van der Waals surface area contributed by atoms with E-state index in [4.69, 9.17) is 4.74 Å². The average molecular weight is 225 g/mol. The van der Waals surface area contributed by atoms with Crippen molar-refractivity contribution in [1.29, 1.82) is 0 Å². The maximum atomic E-state index is 6.33. The van der Waals surface area contributed by atoms with Crippen molar-refractivity contribution in [2.45, 2.75) is 83.0 Å². The first-order valence-electron chi connectivity index (χ1n) is 7.29. The van der Waals surface area contributed by atoms with E-state index < -0.39 is 0 Å². The third-order valence-corrected chi connectivity index (χ3v) is 4.09. The fourth-order valence-electron chi connectivity index (χ4n) is 3.21. The van der Waals surface area contributed by atoms with Crippen molar-refractivity contribution < 1.29 is 4.74 Å². The lowest BCUT2D eigenvalue weighted by Crippen LogP contribution is -2.39. The van der Waals surface area contributed by atoms with Gasteiger partial charge in [-0.1, -0.05) is 32.6 Å². The van der Waals surface area contributed by atoms with Crippen LogP contribution >= 0.6 is 0 Å². The number of ether oxygens (including phenoxy) is 1. The molecule has 2 atom stereocenters. The van der Waals surface area contributed by atoms with Gasteiger partial charge >= 0.3 is 0 Å². The molecule has 0 radical (unpaired) electrons. The molecule has 16 heavy (non-hydrogen) atoms. The Labute approximate surface area is 100 Å². The quantitative estimate of drug-likeness (QED) is 0.742. The van der Waals surface area contributed by atoms with Crippen LogP contribution in [-0.2, 0) is 4.74 Å². The normalized spacial score (nSPS) is 32.8. The van der Waals surface area contributed by atoms with Crippen LogP contribution in [0.3, 0.4) is 0 Å². The molecule has 2 fully saturated rings. The lowest BCUT2D eigenvalue weighted by Gasteiger charge is -2.26. The van der Waals surface area contributed by atoms with E-state index >= 15 is 0 Å². The van der Waals surface area contributed by atoms with E-state index in [2.05, 4.69) is 12.2 Å². The van der Waals surface area contributed by atoms with E-state index in [9.17, 15) is 0 Å². The van der Waals surface area contributed by atoms with Gasteiger partial charge in [-0.15, -0.1) is 0 Å². The zero-order chi connectivity index (χ0) is 11.2. The molecule has 0 heterocycles. The predicted molar refractivity (Wildman–Crippen MR) is 67.7 cm³/mol. The molecule has 2 aliphatic rings. The second-order valence-electron chi connectivity index (χ2n) is 5.38. The molecule has 1 N–H and O–H groups in total. The van der Waals surface area contributed by atoms with Crippen molar-refractivity contribution in [3.63, 3.8) is 0 Å². The van der Waals surface area contributed by atoms with Gasteiger partial charge in [0.15, 0.2) is 0 Å². The summed E-state index contributed by atoms with van der Waals surface area (Å²) in [6.07, 6.45) is 13.2. The summed E-state index contributed by atoms with van der Waals surface area (Å²) < 4.78 is 6.33. The second-order valence-corrected chi connectivity index (χ2v) is 5.38. The first-order valence-corrected chi connectivity index (χ1v) is 7.29. The third-order valence-electron chi connectivity index (χ3n) is 4.09. The molecule has 2 unspecified atom stereocenters. The fourth-order valence-corrected chi connectivity index (χ4v) is 3.21. The van der Waals surface area contributed by atoms with Crippen LogP contribution in [0.1, 0.15) is 64.7 Å². The first-order chi connectivity index (χ1) is 7.90. The third kappa shape index (κ3) is 3.46. The van der Waals surface area contributed by atoms with Crippen LogP contribution in [0.2, 0.25) is 0 Å². The van der Waals surface area contributed by atoms with Gasteiger partial charge in [-0.25, -0.2) is 0 Å². The van der Waals surface area contributed by atoms with E-state index in [1.165, 1.54) is 57.8 Å². The summed E-state index contributed by atoms with van der Waals surface area (Å²) in [5, 5.41) is 3.57. The largest absolute Gasteiger partial charge is 0.373 e. The van der Waals surface area contributed by atoms with Crippen LogP contribution in [0.15, 0.2) is 0 Å². The van der Waals surface area contributed by atoms with Gasteiger partial charge in [0.05, 0.1) is 12.2 Å². The Morgan fingerprint density at radius 3 is 2.38 bits per heavy atom. The van der Waals surface area contributed by atoms with E-state index in [0.717, 1.165) is 6.54 Å². The summed E-state index contributed by atoms with van der Waals surface area (Å²) in [6.45, 7) is 3.27. The molecule has 2 nitrogen and oxygen atoms in total. The fraction of sp³-hybridized carbons (Fsp3) is 1.00. The van der Waals surface area contributed by atoms with Crippen LogP contribution < -0.4 is 5.32 Å². The smallest absolute Gasteiger partial charge is 0.0731 e. The Bertz CT molecular complexity index is 187. The number of likely N-dealkylation sites (N-methyl/N-ethyl adjacent to an activating group) is 1. The van der Waals surface area contributed by atoms with Crippen LogP contribution in [-0.4, -0.2) is 24.8 Å². The summed E-state index contributed by atoms with van der Waals surface area (Å²) in [4.78, 5) is 0. The molecule has 2 heteroatoms. The van der Waals surface area contributed by atoms with Gasteiger partial charge in [-0.05, 0) is 38.6 Å². The van der Waals surface area contributed by atoms with Gasteiger partial charge in [0.1, 0.15) is 0 Å². The molecule has 2 saturated carbocycles. The van der Waals surface area contributed by atoms with Crippen molar-refractivity contribution in [3.05, 3.63) is 0 Å². The Kier molecular flexibility index (Phi) is 5.11. The van der Waals surface area contributed by atoms with Gasteiger partial charge < -0.3 is 10.1 Å². The van der Waals surface area contributed by atoms with E-state index in [-0.39, 0.29) is 0 Å². The Morgan fingerprint density at radius 2 is 1.69 bits per heavy atom. The van der Waals surface area contributed by atoms with Gasteiger partial charge in [0, 0.05) is 6.04 Å². The Hall–Kier alpha value is -0.0800. The number of hydrogen-bond acceptors (Lipinski definition) is 2. The highest BCUT2D eigenvalue weighted by Crippen LogP contribution is 2.27. The predicted octanol–water partition coefficient (Wildman–Crippen LogP) is 3.26. The van der Waals surface area contributed by atoms with Crippen molar-refractivity contribution in [2.24, 2.45) is 0 Å². The Balaban J connectivity index is 1.78. The number of nitrogens with one attached hydrogen (secondary N) is 1. The van der Waals surface area contributed by atoms with Crippen molar-refractivity contribution in [2.75, 3.05) is 6.54 Å². The lowest BCUT2D eigenvalue weighted by atomic mass is 10.1. The van der Waals surface area contributed by atoms with Crippen LogP contribution in [0.25, 0.3) is 0 Å². The van der Waals surface area contributed by atoms with E-state index in [1.807, 2.05) is 0 Å². The zero-order valence-corrected chi connectivity index (χ0v) is 10.7. The molecule has 0 aliphatic heterocycles. The summed E-state index contributed by atoms with van der Waals surface area (Å²) in [5.41, 5.74) is 0. The topological polar surface area (TPSA) is 21.3 Å². The van der Waals surface area contributed by atoms with Gasteiger partial charge in [0.2, 0.25) is 0 Å². The Morgan fingerprint density at radius 1 is 0.938 bits per heavy atom. The van der Waals surface area contributed by atoms with Gasteiger partial charge in [0.25, 0.3) is 0 Å². The summed E-state index contributed by atoms with van der Waals surface area (Å²) in [5.74, 6) is 0. The summed E-state index contributed by atoms with van der Waals surface area (Å²) in [6, 6.07) is 0.633. The average Bonchev–Trinajstić information content (AvgIpc) is 2.56. The number of rotatable bonds is 4. The van der Waals surface area contributed by atoms with Gasteiger partial charge in [-0.2, -0.15) is 0 Å². The molecular weight excluding hydrogens is 198 g/mol. The van der Waals surface area contributed by atoms with Crippen LogP contribution in [0, 0.1) is 0 Å². The molecule has 94 valence electrons. The highest BCUT2D eigenvalue weighted by atomic mass is 16.5. The van der Waals surface area contributed by atoms with Crippen molar-refractivity contribution in [1.82, 2.24) is 5.32 Å². The lowest BCUT2D eigenvalue weighted by molar-refractivity contribution is -0.0275. The summed E-state index contributed by atoms with van der Waals surface area (Å²) in [7, 11) is 0. The van der Waals surface area contributed by atoms with Gasteiger partial charge in [-0.3, -0.25) is 0 Å². The maximum Gasteiger partial charge on any atom is 0.0731 e. The molecule has 0 aromatic carbocycles. The molecule has 0 saturated heterocycles. The maximum absolute atomic E-state index is 6.33. The first kappa shape index (κ1) is 12.4. The molecule has 0 spiro atoms. The highest BCUT2D eigenvalue weighted by Gasteiger charge is 2.29. The molecule has 0 bridgehead atoms. The number of hydrogen-bond donors (Lipinski definition) is 1. The minimum absolute atomic E-state index is 0.503.